The Balaban J connectivity index is 1.01. The van der Waals surface area contributed by atoms with Gasteiger partial charge in [0.05, 0.1) is 26.4 Å². The minimum absolute atomic E-state index is 0.0645. The van der Waals surface area contributed by atoms with Crippen molar-refractivity contribution in [2.45, 2.75) is 429 Å². The normalized spacial score (nSPS) is 11.8. The first-order valence-corrected chi connectivity index (χ1v) is 54.8. The lowest BCUT2D eigenvalue weighted by atomic mass is 9.73. The van der Waals surface area contributed by atoms with E-state index in [9.17, 15) is 19.2 Å². The number of benzene rings is 9. The van der Waals surface area contributed by atoms with Gasteiger partial charge in [-0.05, 0) is 183 Å². The van der Waals surface area contributed by atoms with Crippen molar-refractivity contribution in [3.63, 3.8) is 0 Å². The van der Waals surface area contributed by atoms with Crippen molar-refractivity contribution in [3.8, 4) is 89.8 Å². The molecule has 0 aromatic heterocycles. The van der Waals surface area contributed by atoms with E-state index in [1.165, 1.54) is 228 Å². The van der Waals surface area contributed by atoms with E-state index >= 15 is 0 Å². The first-order chi connectivity index (χ1) is 67.5. The highest BCUT2D eigenvalue weighted by molar-refractivity contribution is 6.15. The number of hydrogen-bond donors (Lipinski definition) is 0. The molecule has 9 rings (SSSR count). The van der Waals surface area contributed by atoms with Gasteiger partial charge in [0.15, 0.2) is 0 Å². The molecular weight excluding hydrogens is 1730 g/mol. The summed E-state index contributed by atoms with van der Waals surface area (Å²) in [6.45, 7) is 38.1. The smallest absolute Gasteiger partial charge is 0.317 e. The highest BCUT2D eigenvalue weighted by Crippen LogP contribution is 2.57. The maximum absolute atomic E-state index is 14.0. The van der Waals surface area contributed by atoms with Crippen LogP contribution in [0.1, 0.15) is 425 Å². The summed E-state index contributed by atoms with van der Waals surface area (Å²) in [7, 11) is 0. The van der Waals surface area contributed by atoms with Crippen LogP contribution < -0.4 is 18.9 Å². The van der Waals surface area contributed by atoms with Crippen LogP contribution in [0.4, 0.5) is 0 Å². The van der Waals surface area contributed by atoms with Crippen molar-refractivity contribution in [1.29, 1.82) is 0 Å². The number of ether oxygens (including phenoxy) is 8. The summed E-state index contributed by atoms with van der Waals surface area (Å²) in [6.07, 6.45) is 48.3. The molecule has 0 unspecified atom stereocenters. The van der Waals surface area contributed by atoms with E-state index in [0.29, 0.717) is 49.4 Å². The maximum atomic E-state index is 14.0. The van der Waals surface area contributed by atoms with Crippen LogP contribution in [0.5, 0.6) is 23.0 Å². The van der Waals surface area contributed by atoms with Crippen molar-refractivity contribution >= 4 is 23.9 Å². The second-order valence-corrected chi connectivity index (χ2v) is 43.7. The third kappa shape index (κ3) is 40.5. The topological polar surface area (TPSA) is 142 Å². The van der Waals surface area contributed by atoms with E-state index in [1.54, 1.807) is 0 Å². The number of rotatable bonds is 66. The Hall–Kier alpha value is -9.94. The fraction of sp³-hybridized carbons (Fsp3) is 0.547. The van der Waals surface area contributed by atoms with E-state index in [4.69, 9.17) is 37.9 Å². The van der Waals surface area contributed by atoms with Crippen LogP contribution in [0.2, 0.25) is 0 Å². The van der Waals surface area contributed by atoms with Crippen LogP contribution in [0.3, 0.4) is 0 Å². The van der Waals surface area contributed by atoms with Crippen molar-refractivity contribution < 1.29 is 57.1 Å². The molecule has 0 fully saturated rings. The second kappa shape index (κ2) is 61.1. The molecular formula is C128H178O12. The van der Waals surface area contributed by atoms with Crippen molar-refractivity contribution in [3.05, 3.63) is 226 Å². The average molecular weight is 1910 g/mol. The fourth-order valence-corrected chi connectivity index (χ4v) is 18.5. The lowest BCUT2D eigenvalue weighted by Crippen LogP contribution is -2.14. The predicted molar refractivity (Wildman–Crippen MR) is 585 cm³/mol. The Bertz CT molecular complexity index is 4660. The predicted octanol–water partition coefficient (Wildman–Crippen LogP) is 36.4. The van der Waals surface area contributed by atoms with Gasteiger partial charge in [0.2, 0.25) is 0 Å². The minimum atomic E-state index is -0.699. The summed E-state index contributed by atoms with van der Waals surface area (Å²) in [6, 6.07) is 64.6. The van der Waals surface area contributed by atoms with E-state index in [0.717, 1.165) is 140 Å². The van der Waals surface area contributed by atoms with Crippen LogP contribution in [0.15, 0.2) is 182 Å². The van der Waals surface area contributed by atoms with E-state index in [-0.39, 0.29) is 48.1 Å². The lowest BCUT2D eigenvalue weighted by Gasteiger charge is -2.30. The standard InChI is InChI=1S/C128H178O12/c1-17-21-25-29-33-37-41-45-49-53-81-133-111-85-99(86-112(89-111)134-82-54-50-46-42-38-34-30-26-22-18-2)95-139-117(131)91-115(129)137-93-97-57-61-101(62-58-97)119-120(102-63-59-98(60-64-102)94-138-116(130)92-118(132)140-96-100-87-113(135-83-55-51-47-43-39-35-31-27-23-19-3)90-114(88-100)136-84-56-52-48-44-40-36-32-28-24-20-4)122(104-67-75-108(76-68-104)126(8,9)10)124(106-71-79-110(80-72-106)128(14,15)16)123(105-69-77-109(78-70-105)127(11,12)13)121(119)103-65-73-107(74-66-103)125(5,6)7/h57-80,85-90H,17-56,81-84,91-96H2,1-16H3. The van der Waals surface area contributed by atoms with Crippen LogP contribution in [-0.2, 0) is 86.2 Å². The summed E-state index contributed by atoms with van der Waals surface area (Å²) < 4.78 is 49.2. The van der Waals surface area contributed by atoms with Crippen molar-refractivity contribution in [2.24, 2.45) is 0 Å². The third-order valence-corrected chi connectivity index (χ3v) is 27.3. The molecule has 0 aliphatic carbocycles. The minimum Gasteiger partial charge on any atom is -0.493 e. The monoisotopic (exact) mass is 1910 g/mol. The molecule has 0 heterocycles. The first-order valence-electron chi connectivity index (χ1n) is 54.8. The van der Waals surface area contributed by atoms with Gasteiger partial charge in [-0.2, -0.15) is 0 Å². The summed E-state index contributed by atoms with van der Waals surface area (Å²) in [4.78, 5) is 55.5. The highest BCUT2D eigenvalue weighted by Gasteiger charge is 2.32. The second-order valence-electron chi connectivity index (χ2n) is 43.7. The summed E-state index contributed by atoms with van der Waals surface area (Å²) in [5, 5.41) is 0. The summed E-state index contributed by atoms with van der Waals surface area (Å²) in [5.41, 5.74) is 19.1. The van der Waals surface area contributed by atoms with Gasteiger partial charge in [-0.15, -0.1) is 0 Å². The molecule has 0 amide bonds. The Morgan fingerprint density at radius 2 is 0.350 bits per heavy atom. The van der Waals surface area contributed by atoms with Gasteiger partial charge >= 0.3 is 23.9 Å². The molecule has 0 aliphatic rings. The zero-order valence-electron chi connectivity index (χ0n) is 89.6. The summed E-state index contributed by atoms with van der Waals surface area (Å²) in [5.74, 6) is -0.0983. The van der Waals surface area contributed by atoms with Gasteiger partial charge in [0, 0.05) is 12.1 Å². The zero-order valence-corrected chi connectivity index (χ0v) is 89.6. The van der Waals surface area contributed by atoms with E-state index < -0.39 is 36.7 Å². The van der Waals surface area contributed by atoms with Crippen LogP contribution >= 0.6 is 0 Å². The molecule has 0 spiro atoms. The molecule has 0 atom stereocenters. The number of carbonyl (C=O) groups is 4. The number of hydrogen-bond acceptors (Lipinski definition) is 12. The van der Waals surface area contributed by atoms with Gasteiger partial charge < -0.3 is 37.9 Å². The molecule has 0 bridgehead atoms. The molecule has 12 heteroatoms. The van der Waals surface area contributed by atoms with Gasteiger partial charge in [-0.25, -0.2) is 0 Å². The SMILES string of the molecule is CCCCCCCCCCCCOc1cc(COC(=O)CC(=O)OCc2ccc(-c3c(-c4ccc(COC(=O)CC(=O)OCc5cc(OCCCCCCCCCCCC)cc(OCCCCCCCCCCCC)c5)cc4)c(-c4ccc(C(C)(C)C)cc4)c(-c4ccc(C(C)(C)C)cc4)c(-c4ccc(C(C)(C)C)cc4)c3-c3ccc(C(C)(C)C)cc3)cc2)cc(OCCCCCCCCCCCC)c1. The molecule has 0 saturated carbocycles. The van der Waals surface area contributed by atoms with E-state index in [2.05, 4.69) is 232 Å². The molecule has 12 nitrogen and oxygen atoms in total. The largest absolute Gasteiger partial charge is 0.493 e. The molecule has 0 radical (unpaired) electrons. The zero-order chi connectivity index (χ0) is 100. The molecule has 762 valence electrons. The van der Waals surface area contributed by atoms with Gasteiger partial charge in [-0.3, -0.25) is 19.2 Å². The number of esters is 4. The Morgan fingerprint density at radius 3 is 0.521 bits per heavy atom. The average Bonchev–Trinajstić information content (AvgIpc) is 0.711. The highest BCUT2D eigenvalue weighted by atomic mass is 16.6. The van der Waals surface area contributed by atoms with Crippen LogP contribution in [0.25, 0.3) is 66.8 Å². The molecule has 9 aromatic carbocycles. The Kier molecular flexibility index (Phi) is 49.6. The maximum Gasteiger partial charge on any atom is 0.317 e. The summed E-state index contributed by atoms with van der Waals surface area (Å²) >= 11 is 0. The molecule has 0 aliphatic heterocycles. The first kappa shape index (κ1) is 114. The van der Waals surface area contributed by atoms with Crippen LogP contribution in [0, 0.1) is 0 Å². The van der Waals surface area contributed by atoms with E-state index in [1.807, 2.05) is 60.7 Å². The lowest BCUT2D eigenvalue weighted by molar-refractivity contribution is -0.157. The van der Waals surface area contributed by atoms with Gasteiger partial charge in [0.25, 0.3) is 0 Å². The Morgan fingerprint density at radius 1 is 0.193 bits per heavy atom. The third-order valence-electron chi connectivity index (χ3n) is 27.3. The molecule has 140 heavy (non-hydrogen) atoms. The fourth-order valence-electron chi connectivity index (χ4n) is 18.5. The van der Waals surface area contributed by atoms with Gasteiger partial charge in [-0.1, -0.05) is 488 Å². The quantitative estimate of drug-likeness (QED) is 0.0155. The van der Waals surface area contributed by atoms with Crippen molar-refractivity contribution in [1.82, 2.24) is 0 Å². The molecule has 0 saturated heterocycles. The van der Waals surface area contributed by atoms with Crippen molar-refractivity contribution in [2.75, 3.05) is 26.4 Å². The Labute approximate surface area is 846 Å². The molecule has 9 aromatic rings. The number of carbonyl (C=O) groups excluding carboxylic acids is 4. The molecule has 0 N–H and O–H groups in total. The van der Waals surface area contributed by atoms with Gasteiger partial charge in [0.1, 0.15) is 62.3 Å². The van der Waals surface area contributed by atoms with Crippen LogP contribution in [-0.4, -0.2) is 50.3 Å². The number of unbranched alkanes of at least 4 members (excludes halogenated alkanes) is 36.